The zero-order valence-electron chi connectivity index (χ0n) is 29.6. The molecule has 5 atom stereocenters. The van der Waals surface area contributed by atoms with Crippen LogP contribution in [0.2, 0.25) is 5.02 Å². The predicted molar refractivity (Wildman–Crippen MR) is 196 cm³/mol. The van der Waals surface area contributed by atoms with Gasteiger partial charge in [-0.1, -0.05) is 35.0 Å². The van der Waals surface area contributed by atoms with Gasteiger partial charge in [-0.05, 0) is 72.9 Å². The second-order valence-electron chi connectivity index (χ2n) is 13.3. The summed E-state index contributed by atoms with van der Waals surface area (Å²) in [6.07, 6.45) is -6.14. The van der Waals surface area contributed by atoms with Gasteiger partial charge in [-0.15, -0.1) is 5.10 Å². The molecular formula is C37H39ClF3N7O8. The minimum atomic E-state index is -4.68. The van der Waals surface area contributed by atoms with Crippen molar-refractivity contribution < 1.29 is 52.7 Å². The number of hydrogen-bond acceptors (Lipinski definition) is 12. The third-order valence-electron chi connectivity index (χ3n) is 9.26. The Hall–Kier alpha value is -4.95. The number of hydrogen-bond donors (Lipinski definition) is 6. The molecule has 2 unspecified atom stereocenters. The average molecular weight is 802 g/mol. The Labute approximate surface area is 323 Å². The van der Waals surface area contributed by atoms with E-state index in [-0.39, 0.29) is 35.5 Å². The average Bonchev–Trinajstić information content (AvgIpc) is 3.64. The molecule has 0 aliphatic carbocycles. The summed E-state index contributed by atoms with van der Waals surface area (Å²) in [6.45, 7) is 0.995. The number of carbonyl (C=O) groups is 2. The van der Waals surface area contributed by atoms with Crippen LogP contribution in [0, 0.1) is 0 Å². The van der Waals surface area contributed by atoms with Crippen LogP contribution in [0.4, 0.5) is 24.5 Å². The van der Waals surface area contributed by atoms with Gasteiger partial charge >= 0.3 is 6.18 Å². The normalized spacial score (nSPS) is 21.6. The molecule has 2 aliphatic heterocycles. The summed E-state index contributed by atoms with van der Waals surface area (Å²) >= 11 is 5.71. The van der Waals surface area contributed by atoms with Crippen molar-refractivity contribution in [3.8, 4) is 0 Å². The monoisotopic (exact) mass is 801 g/mol. The summed E-state index contributed by atoms with van der Waals surface area (Å²) in [4.78, 5) is 29.2. The molecule has 298 valence electrons. The van der Waals surface area contributed by atoms with Crippen molar-refractivity contribution in [2.24, 2.45) is 5.10 Å². The van der Waals surface area contributed by atoms with Crippen molar-refractivity contribution in [3.63, 3.8) is 0 Å². The van der Waals surface area contributed by atoms with Gasteiger partial charge < -0.3 is 40.1 Å². The highest BCUT2D eigenvalue weighted by Gasteiger charge is 2.44. The molecule has 1 aromatic heterocycles. The number of aromatic nitrogens is 3. The highest BCUT2D eigenvalue weighted by atomic mass is 35.5. The molecule has 2 fully saturated rings. The molecule has 3 aromatic carbocycles. The van der Waals surface area contributed by atoms with Crippen molar-refractivity contribution in [2.75, 3.05) is 29.9 Å². The van der Waals surface area contributed by atoms with E-state index in [2.05, 4.69) is 31.1 Å². The number of alkyl halides is 3. The van der Waals surface area contributed by atoms with E-state index in [1.54, 1.807) is 48.7 Å². The fourth-order valence-corrected chi connectivity index (χ4v) is 6.52. The van der Waals surface area contributed by atoms with Crippen LogP contribution >= 0.6 is 11.6 Å². The summed E-state index contributed by atoms with van der Waals surface area (Å²) < 4.78 is 52.4. The van der Waals surface area contributed by atoms with Gasteiger partial charge in [0.1, 0.15) is 30.1 Å². The number of nitrogens with one attached hydrogen (secondary N) is 2. The fourth-order valence-electron chi connectivity index (χ4n) is 6.29. The molecule has 6 N–H and O–H groups in total. The summed E-state index contributed by atoms with van der Waals surface area (Å²) in [5.74, 6) is -1.23. The Bertz CT molecular complexity index is 2040. The fraction of sp³-hybridized carbons (Fsp3) is 0.378. The molecule has 0 bridgehead atoms. The summed E-state index contributed by atoms with van der Waals surface area (Å²) in [5.41, 5.74) is 3.68. The number of aliphatic hydroxyl groups is 4. The van der Waals surface area contributed by atoms with Crippen LogP contribution in [0.25, 0.3) is 0 Å². The molecule has 2 amide bonds. The molecule has 0 radical (unpaired) electrons. The molecule has 4 aromatic rings. The Morgan fingerprint density at radius 3 is 2.54 bits per heavy atom. The number of rotatable bonds is 12. The quantitative estimate of drug-likeness (QED) is 0.0907. The maximum absolute atomic E-state index is 13.6. The molecule has 3 heterocycles. The van der Waals surface area contributed by atoms with Gasteiger partial charge in [-0.3, -0.25) is 9.59 Å². The van der Waals surface area contributed by atoms with Crippen LogP contribution in [0.5, 0.6) is 0 Å². The van der Waals surface area contributed by atoms with E-state index in [0.717, 1.165) is 56.4 Å². The highest BCUT2D eigenvalue weighted by Crippen LogP contribution is 2.35. The second-order valence-corrected chi connectivity index (χ2v) is 13.7. The first-order valence-electron chi connectivity index (χ1n) is 17.6. The molecular weight excluding hydrogens is 763 g/mol. The first kappa shape index (κ1) is 40.7. The number of benzene rings is 3. The van der Waals surface area contributed by atoms with E-state index < -0.39 is 65.9 Å². The third-order valence-corrected chi connectivity index (χ3v) is 9.59. The Morgan fingerprint density at radius 2 is 1.79 bits per heavy atom. The minimum Gasteiger partial charge on any atom is -0.394 e. The van der Waals surface area contributed by atoms with E-state index in [1.165, 1.54) is 10.7 Å². The van der Waals surface area contributed by atoms with Crippen LogP contribution in [0.1, 0.15) is 62.4 Å². The first-order valence-corrected chi connectivity index (χ1v) is 18.0. The molecule has 15 nitrogen and oxygen atoms in total. The van der Waals surface area contributed by atoms with Crippen LogP contribution in [-0.4, -0.2) is 104 Å². The van der Waals surface area contributed by atoms with E-state index >= 15 is 0 Å². The van der Waals surface area contributed by atoms with Gasteiger partial charge in [0.2, 0.25) is 0 Å². The summed E-state index contributed by atoms with van der Waals surface area (Å²) in [6, 6.07) is 15.0. The number of aliphatic hydroxyl groups excluding tert-OH is 4. The van der Waals surface area contributed by atoms with Gasteiger partial charge in [0.25, 0.3) is 11.8 Å². The summed E-state index contributed by atoms with van der Waals surface area (Å²) in [7, 11) is 0. The number of anilines is 2. The van der Waals surface area contributed by atoms with Gasteiger partial charge in [-0.2, -0.15) is 18.3 Å². The van der Waals surface area contributed by atoms with Crippen LogP contribution < -0.4 is 15.6 Å². The van der Waals surface area contributed by atoms with Crippen molar-refractivity contribution in [2.45, 2.75) is 69.3 Å². The zero-order chi connectivity index (χ0) is 40.0. The van der Waals surface area contributed by atoms with E-state index in [4.69, 9.17) is 21.1 Å². The number of hydrazone groups is 1. The van der Waals surface area contributed by atoms with Gasteiger partial charge in [0.05, 0.1) is 54.0 Å². The van der Waals surface area contributed by atoms with E-state index in [1.807, 2.05) is 0 Å². The molecule has 6 rings (SSSR count). The lowest BCUT2D eigenvalue weighted by Gasteiger charge is -2.39. The third kappa shape index (κ3) is 9.88. The molecule has 19 heteroatoms. The van der Waals surface area contributed by atoms with Crippen molar-refractivity contribution in [1.29, 1.82) is 0 Å². The minimum absolute atomic E-state index is 0.0565. The molecule has 2 aliphatic rings. The SMILES string of the molecule is O=C(Nc1ccc(N2CCCCC2)cc1C(=O)N/N=C/c1ccc(Cl)c(C(F)(F)F)c1)c1cccc(Cn2cc(CO[C@H]3OC(CO)[C@H](O)C(O)[C@@H]3O)nn2)c1. The number of piperidine rings is 1. The lowest BCUT2D eigenvalue weighted by molar-refractivity contribution is -0.304. The number of amides is 2. The second kappa shape index (κ2) is 17.9. The molecule has 0 spiro atoms. The van der Waals surface area contributed by atoms with Gasteiger partial charge in [0, 0.05) is 24.3 Å². The zero-order valence-corrected chi connectivity index (χ0v) is 30.4. The van der Waals surface area contributed by atoms with Crippen LogP contribution in [0.15, 0.2) is 72.0 Å². The highest BCUT2D eigenvalue weighted by molar-refractivity contribution is 6.31. The van der Waals surface area contributed by atoms with Crippen molar-refractivity contribution in [1.82, 2.24) is 20.4 Å². The lowest BCUT2D eigenvalue weighted by Crippen LogP contribution is -2.59. The Kier molecular flexibility index (Phi) is 13.0. The number of nitrogens with zero attached hydrogens (tertiary/aromatic N) is 5. The van der Waals surface area contributed by atoms with Crippen LogP contribution in [-0.2, 0) is 28.8 Å². The Balaban J connectivity index is 1.13. The predicted octanol–water partition coefficient (Wildman–Crippen LogP) is 3.32. The summed E-state index contributed by atoms with van der Waals surface area (Å²) in [5, 5.41) is 53.8. The Morgan fingerprint density at radius 1 is 1.00 bits per heavy atom. The van der Waals surface area contributed by atoms with Gasteiger partial charge in [-0.25, -0.2) is 10.1 Å². The maximum atomic E-state index is 13.6. The topological polar surface area (TPSA) is 204 Å². The van der Waals surface area contributed by atoms with E-state index in [9.17, 15) is 43.2 Å². The standard InChI is InChI=1S/C37H39ClF3N7O8/c38-28-9-7-21(14-27(28)37(39,40)41)16-42-45-35(54)26-15-25(47-11-2-1-3-12-47)8-10-29(26)43-34(53)23-6-4-5-22(13-23)17-48-18-24(44-46-48)20-55-36-33(52)32(51)31(50)30(19-49)56-36/h4-10,13-16,18,30-33,36,49-52H,1-3,11-12,17,19-20H2,(H,43,53)(H,45,54)/b42-16+/t30?,31-,32?,33-,36-/m0/s1. The molecule has 56 heavy (non-hydrogen) atoms. The molecule has 0 saturated carbocycles. The smallest absolute Gasteiger partial charge is 0.394 e. The number of halogens is 4. The lowest BCUT2D eigenvalue weighted by atomic mass is 9.99. The van der Waals surface area contributed by atoms with Gasteiger partial charge in [0.15, 0.2) is 6.29 Å². The maximum Gasteiger partial charge on any atom is 0.417 e. The largest absolute Gasteiger partial charge is 0.417 e. The number of carbonyl (C=O) groups excluding carboxylic acids is 2. The van der Waals surface area contributed by atoms with Crippen LogP contribution in [0.3, 0.4) is 0 Å². The van der Waals surface area contributed by atoms with Crippen molar-refractivity contribution in [3.05, 3.63) is 105 Å². The van der Waals surface area contributed by atoms with Crippen molar-refractivity contribution >= 4 is 41.0 Å². The first-order chi connectivity index (χ1) is 26.8. The number of ether oxygens (including phenoxy) is 2. The molecule has 2 saturated heterocycles. The van der Waals surface area contributed by atoms with E-state index in [0.29, 0.717) is 11.3 Å².